The highest BCUT2D eigenvalue weighted by Crippen LogP contribution is 2.23. The average Bonchev–Trinajstić information content (AvgIpc) is 3.16. The fourth-order valence-corrected chi connectivity index (χ4v) is 4.80. The molecule has 1 N–H and O–H groups in total. The van der Waals surface area contributed by atoms with E-state index in [1.54, 1.807) is 48.7 Å². The molecule has 4 rings (SSSR count). The van der Waals surface area contributed by atoms with Crippen molar-refractivity contribution in [3.63, 3.8) is 0 Å². The zero-order valence-corrected chi connectivity index (χ0v) is 18.9. The fraction of sp³-hybridized carbons (Fsp3) is 0.136. The van der Waals surface area contributed by atoms with E-state index >= 15 is 0 Å². The quantitative estimate of drug-likeness (QED) is 0.463. The molecule has 0 atom stereocenters. The number of aryl methyl sites for hydroxylation is 1. The average molecular weight is 470 g/mol. The summed E-state index contributed by atoms with van der Waals surface area (Å²) in [5, 5.41) is 8.64. The van der Waals surface area contributed by atoms with Gasteiger partial charge in [-0.3, -0.25) is 13.9 Å². The molecule has 0 saturated heterocycles. The molecule has 2 aromatic heterocycles. The summed E-state index contributed by atoms with van der Waals surface area (Å²) < 4.78 is 30.3. The van der Waals surface area contributed by atoms with Crippen LogP contribution in [-0.2, 0) is 16.6 Å². The second-order valence-electron chi connectivity index (χ2n) is 7.30. The van der Waals surface area contributed by atoms with Gasteiger partial charge in [-0.2, -0.15) is 0 Å². The van der Waals surface area contributed by atoms with Crippen LogP contribution in [0, 0.1) is 6.92 Å². The Morgan fingerprint density at radius 1 is 1.09 bits per heavy atom. The first-order valence-corrected chi connectivity index (χ1v) is 11.5. The Morgan fingerprint density at radius 2 is 1.91 bits per heavy atom. The van der Waals surface area contributed by atoms with E-state index in [0.29, 0.717) is 27.7 Å². The molecule has 10 heteroatoms. The maximum absolute atomic E-state index is 13.0. The second-order valence-corrected chi connectivity index (χ2v) is 9.39. The molecule has 8 nitrogen and oxygen atoms in total. The third kappa shape index (κ3) is 4.44. The van der Waals surface area contributed by atoms with Gasteiger partial charge in [0, 0.05) is 23.8 Å². The lowest BCUT2D eigenvalue weighted by Crippen LogP contribution is -2.27. The first-order chi connectivity index (χ1) is 15.2. The lowest BCUT2D eigenvalue weighted by molar-refractivity contribution is 0.0781. The first kappa shape index (κ1) is 21.8. The number of sulfonamides is 1. The molecule has 0 fully saturated rings. The van der Waals surface area contributed by atoms with Crippen molar-refractivity contribution in [3.8, 4) is 0 Å². The number of carbonyl (C=O) groups is 1. The molecule has 0 radical (unpaired) electrons. The third-order valence-electron chi connectivity index (χ3n) is 4.91. The second kappa shape index (κ2) is 8.60. The maximum atomic E-state index is 13.0. The Balaban J connectivity index is 1.59. The summed E-state index contributed by atoms with van der Waals surface area (Å²) >= 11 is 5.95. The van der Waals surface area contributed by atoms with Gasteiger partial charge in [0.05, 0.1) is 17.1 Å². The molecule has 0 bridgehead atoms. The van der Waals surface area contributed by atoms with Crippen LogP contribution in [-0.4, -0.2) is 40.9 Å². The van der Waals surface area contributed by atoms with Gasteiger partial charge in [0.2, 0.25) is 0 Å². The number of halogens is 1. The lowest BCUT2D eigenvalue weighted by Gasteiger charge is -2.17. The molecular formula is C22H20ClN5O3S. The molecule has 0 aliphatic heterocycles. The molecule has 1 amide bonds. The Kier molecular flexibility index (Phi) is 5.86. The summed E-state index contributed by atoms with van der Waals surface area (Å²) in [5.41, 5.74) is 1.78. The normalized spacial score (nSPS) is 11.5. The zero-order chi connectivity index (χ0) is 22.9. The van der Waals surface area contributed by atoms with Gasteiger partial charge in [-0.25, -0.2) is 8.42 Å². The number of nitrogens with zero attached hydrogens (tertiary/aromatic N) is 4. The maximum Gasteiger partial charge on any atom is 0.262 e. The minimum absolute atomic E-state index is 0.0182. The van der Waals surface area contributed by atoms with Crippen molar-refractivity contribution in [2.24, 2.45) is 0 Å². The van der Waals surface area contributed by atoms with Gasteiger partial charge >= 0.3 is 0 Å². The summed E-state index contributed by atoms with van der Waals surface area (Å²) in [6.07, 6.45) is 1.82. The Hall–Kier alpha value is -3.43. The number of hydrogen-bond donors (Lipinski definition) is 1. The van der Waals surface area contributed by atoms with Crippen LogP contribution in [0.4, 0.5) is 5.69 Å². The number of amides is 1. The van der Waals surface area contributed by atoms with E-state index in [1.165, 1.54) is 17.0 Å². The van der Waals surface area contributed by atoms with E-state index in [1.807, 2.05) is 24.4 Å². The van der Waals surface area contributed by atoms with Crippen LogP contribution >= 0.6 is 11.6 Å². The number of anilines is 1. The van der Waals surface area contributed by atoms with Crippen molar-refractivity contribution in [2.45, 2.75) is 18.4 Å². The van der Waals surface area contributed by atoms with Gasteiger partial charge in [-0.1, -0.05) is 29.8 Å². The summed E-state index contributed by atoms with van der Waals surface area (Å²) in [6.45, 7) is 1.88. The molecule has 0 aliphatic carbocycles. The molecule has 0 aliphatic rings. The highest BCUT2D eigenvalue weighted by atomic mass is 35.5. The van der Waals surface area contributed by atoms with Crippen LogP contribution in [0.25, 0.3) is 5.65 Å². The van der Waals surface area contributed by atoms with Crippen LogP contribution in [0.5, 0.6) is 0 Å². The van der Waals surface area contributed by atoms with E-state index in [0.717, 1.165) is 0 Å². The number of fused-ring (bicyclic) bond motifs is 1. The predicted octanol–water partition coefficient (Wildman–Crippen LogP) is 3.76. The number of hydrogen-bond acceptors (Lipinski definition) is 5. The topological polar surface area (TPSA) is 96.7 Å². The van der Waals surface area contributed by atoms with Crippen molar-refractivity contribution in [3.05, 3.63) is 88.8 Å². The van der Waals surface area contributed by atoms with Crippen molar-refractivity contribution in [1.82, 2.24) is 19.5 Å². The minimum atomic E-state index is -3.93. The Bertz CT molecular complexity index is 1420. The summed E-state index contributed by atoms with van der Waals surface area (Å²) in [6, 6.07) is 16.5. The third-order valence-corrected chi connectivity index (χ3v) is 6.67. The SMILES string of the molecule is Cc1ccc(C(=O)N(C)Cc2nnc3ccccn23)cc1S(=O)(=O)Nc1cccc(Cl)c1. The first-order valence-electron chi connectivity index (χ1n) is 9.68. The number of benzene rings is 2. The van der Waals surface area contributed by atoms with Gasteiger partial charge < -0.3 is 4.90 Å². The van der Waals surface area contributed by atoms with E-state index in [-0.39, 0.29) is 22.9 Å². The molecule has 0 saturated carbocycles. The largest absolute Gasteiger partial charge is 0.334 e. The number of aromatic nitrogens is 3. The van der Waals surface area contributed by atoms with Crippen LogP contribution < -0.4 is 4.72 Å². The monoisotopic (exact) mass is 469 g/mol. The van der Waals surface area contributed by atoms with E-state index in [4.69, 9.17) is 11.6 Å². The van der Waals surface area contributed by atoms with Crippen LogP contribution in [0.1, 0.15) is 21.7 Å². The van der Waals surface area contributed by atoms with Crippen LogP contribution in [0.3, 0.4) is 0 Å². The van der Waals surface area contributed by atoms with E-state index in [2.05, 4.69) is 14.9 Å². The summed E-state index contributed by atoms with van der Waals surface area (Å²) in [5.74, 6) is 0.260. The van der Waals surface area contributed by atoms with Gasteiger partial charge in [-0.05, 0) is 55.0 Å². The van der Waals surface area contributed by atoms with Crippen molar-refractivity contribution in [1.29, 1.82) is 0 Å². The number of rotatable bonds is 6. The number of carbonyl (C=O) groups excluding carboxylic acids is 1. The van der Waals surface area contributed by atoms with E-state index in [9.17, 15) is 13.2 Å². The molecule has 2 aromatic carbocycles. The molecular weight excluding hydrogens is 450 g/mol. The highest BCUT2D eigenvalue weighted by molar-refractivity contribution is 7.92. The minimum Gasteiger partial charge on any atom is -0.334 e. The molecule has 0 unspecified atom stereocenters. The summed E-state index contributed by atoms with van der Waals surface area (Å²) in [4.78, 5) is 14.5. The van der Waals surface area contributed by atoms with Gasteiger partial charge in [0.1, 0.15) is 0 Å². The van der Waals surface area contributed by atoms with Crippen LogP contribution in [0.2, 0.25) is 5.02 Å². The van der Waals surface area contributed by atoms with Gasteiger partial charge in [0.25, 0.3) is 15.9 Å². The summed E-state index contributed by atoms with van der Waals surface area (Å²) in [7, 11) is -2.30. The van der Waals surface area contributed by atoms with Crippen molar-refractivity contribution >= 4 is 38.9 Å². The zero-order valence-electron chi connectivity index (χ0n) is 17.4. The molecule has 2 heterocycles. The van der Waals surface area contributed by atoms with Crippen LogP contribution in [0.15, 0.2) is 71.8 Å². The van der Waals surface area contributed by atoms with Crippen molar-refractivity contribution < 1.29 is 13.2 Å². The lowest BCUT2D eigenvalue weighted by atomic mass is 10.1. The fourth-order valence-electron chi connectivity index (χ4n) is 3.29. The number of pyridine rings is 1. The van der Waals surface area contributed by atoms with E-state index < -0.39 is 10.0 Å². The molecule has 0 spiro atoms. The highest BCUT2D eigenvalue weighted by Gasteiger charge is 2.21. The van der Waals surface area contributed by atoms with Gasteiger partial charge in [0.15, 0.2) is 11.5 Å². The van der Waals surface area contributed by atoms with Gasteiger partial charge in [-0.15, -0.1) is 10.2 Å². The standard InChI is InChI=1S/C22H20ClN5O3S/c1-15-9-10-16(12-19(15)32(30,31)26-18-7-5-6-17(23)13-18)22(29)27(2)14-21-25-24-20-8-3-4-11-28(20)21/h3-13,26H,14H2,1-2H3. The van der Waals surface area contributed by atoms with Crippen molar-refractivity contribution in [2.75, 3.05) is 11.8 Å². The predicted molar refractivity (Wildman–Crippen MR) is 122 cm³/mol. The molecule has 4 aromatic rings. The number of nitrogens with one attached hydrogen (secondary N) is 1. The Labute approximate surface area is 190 Å². The smallest absolute Gasteiger partial charge is 0.262 e. The molecule has 164 valence electrons. The molecule has 32 heavy (non-hydrogen) atoms. The Morgan fingerprint density at radius 3 is 2.69 bits per heavy atom.